The van der Waals surface area contributed by atoms with E-state index in [4.69, 9.17) is 10.8 Å². The zero-order valence-electron chi connectivity index (χ0n) is 11.4. The van der Waals surface area contributed by atoms with Gasteiger partial charge in [-0.2, -0.15) is 0 Å². The van der Waals surface area contributed by atoms with Crippen molar-refractivity contribution in [2.24, 2.45) is 11.7 Å². The maximum atomic E-state index is 11.6. The molecule has 18 heavy (non-hydrogen) atoms. The fourth-order valence-electron chi connectivity index (χ4n) is 1.73. The van der Waals surface area contributed by atoms with Gasteiger partial charge in [0.15, 0.2) is 0 Å². The van der Waals surface area contributed by atoms with Gasteiger partial charge in [0, 0.05) is 13.0 Å². The molecule has 0 heterocycles. The molecule has 5 nitrogen and oxygen atoms in total. The summed E-state index contributed by atoms with van der Waals surface area (Å²) in [7, 11) is 0. The number of nitrogens with one attached hydrogen (secondary N) is 1. The molecule has 5 heteroatoms. The van der Waals surface area contributed by atoms with Gasteiger partial charge < -0.3 is 16.2 Å². The summed E-state index contributed by atoms with van der Waals surface area (Å²) in [5.74, 6) is -0.681. The molecule has 0 bridgehead atoms. The first-order valence-electron chi connectivity index (χ1n) is 6.76. The Morgan fingerprint density at radius 1 is 1.28 bits per heavy atom. The van der Waals surface area contributed by atoms with Gasteiger partial charge in [0.1, 0.15) is 0 Å². The first-order valence-corrected chi connectivity index (χ1v) is 6.76. The smallest absolute Gasteiger partial charge is 0.303 e. The van der Waals surface area contributed by atoms with E-state index in [0.717, 1.165) is 19.3 Å². The second-order valence-corrected chi connectivity index (χ2v) is 4.70. The molecule has 0 rings (SSSR count). The maximum Gasteiger partial charge on any atom is 0.303 e. The molecule has 0 saturated carbocycles. The van der Waals surface area contributed by atoms with E-state index in [9.17, 15) is 9.59 Å². The molecule has 0 aliphatic rings. The number of amides is 1. The molecule has 0 saturated heterocycles. The van der Waals surface area contributed by atoms with Gasteiger partial charge in [-0.1, -0.05) is 33.1 Å². The molecule has 0 aliphatic carbocycles. The van der Waals surface area contributed by atoms with E-state index in [-0.39, 0.29) is 18.7 Å². The van der Waals surface area contributed by atoms with Crippen LogP contribution in [0.4, 0.5) is 0 Å². The van der Waals surface area contributed by atoms with Crippen molar-refractivity contribution in [3.05, 3.63) is 0 Å². The topological polar surface area (TPSA) is 92.4 Å². The van der Waals surface area contributed by atoms with Gasteiger partial charge >= 0.3 is 5.97 Å². The minimum absolute atomic E-state index is 0.0678. The maximum absolute atomic E-state index is 11.6. The lowest BCUT2D eigenvalue weighted by molar-refractivity contribution is -0.137. The average Bonchev–Trinajstić information content (AvgIpc) is 2.35. The Labute approximate surface area is 109 Å². The summed E-state index contributed by atoms with van der Waals surface area (Å²) in [6, 6.07) is -0.718. The highest BCUT2D eigenvalue weighted by Gasteiger charge is 2.15. The number of hydrogen-bond acceptors (Lipinski definition) is 3. The number of carboxylic acid groups (broad SMARTS) is 1. The summed E-state index contributed by atoms with van der Waals surface area (Å²) in [5.41, 5.74) is 5.62. The fourth-order valence-corrected chi connectivity index (χ4v) is 1.73. The lowest BCUT2D eigenvalue weighted by Crippen LogP contribution is -2.42. The standard InChI is InChI=1S/C13H26N2O3/c1-3-5-6-10(4-2)9-15-13(18)11(14)7-8-12(16)17/h10-11H,3-9,14H2,1-2H3,(H,15,18)(H,16,17)/t10-,11+/m0/s1. The van der Waals surface area contributed by atoms with Crippen LogP contribution in [0.5, 0.6) is 0 Å². The van der Waals surface area contributed by atoms with Crippen LogP contribution in [0.25, 0.3) is 0 Å². The molecule has 106 valence electrons. The average molecular weight is 258 g/mol. The summed E-state index contributed by atoms with van der Waals surface area (Å²) in [6.07, 6.45) is 4.58. The van der Waals surface area contributed by atoms with Gasteiger partial charge in [0.05, 0.1) is 6.04 Å². The molecule has 0 unspecified atom stereocenters. The quantitative estimate of drug-likeness (QED) is 0.554. The number of carboxylic acids is 1. The zero-order valence-corrected chi connectivity index (χ0v) is 11.4. The van der Waals surface area contributed by atoms with E-state index in [1.807, 2.05) is 0 Å². The van der Waals surface area contributed by atoms with Gasteiger partial charge in [-0.15, -0.1) is 0 Å². The van der Waals surface area contributed by atoms with E-state index in [2.05, 4.69) is 19.2 Å². The SMILES string of the molecule is CCCC[C@H](CC)CNC(=O)[C@H](N)CCC(=O)O. The number of rotatable bonds is 10. The summed E-state index contributed by atoms with van der Waals surface area (Å²) in [6.45, 7) is 4.89. The molecule has 1 amide bonds. The van der Waals surface area contributed by atoms with Crippen LogP contribution in [-0.4, -0.2) is 29.6 Å². The van der Waals surface area contributed by atoms with Gasteiger partial charge in [-0.25, -0.2) is 0 Å². The van der Waals surface area contributed by atoms with Crippen molar-refractivity contribution in [1.82, 2.24) is 5.32 Å². The van der Waals surface area contributed by atoms with Gasteiger partial charge in [0.25, 0.3) is 0 Å². The van der Waals surface area contributed by atoms with Crippen molar-refractivity contribution in [1.29, 1.82) is 0 Å². The van der Waals surface area contributed by atoms with Crippen molar-refractivity contribution in [3.63, 3.8) is 0 Å². The first kappa shape index (κ1) is 16.9. The van der Waals surface area contributed by atoms with Gasteiger partial charge in [0.2, 0.25) is 5.91 Å². The van der Waals surface area contributed by atoms with Crippen LogP contribution in [-0.2, 0) is 9.59 Å². The van der Waals surface area contributed by atoms with E-state index < -0.39 is 12.0 Å². The molecule has 0 aromatic heterocycles. The van der Waals surface area contributed by atoms with Crippen LogP contribution in [0.15, 0.2) is 0 Å². The van der Waals surface area contributed by atoms with Gasteiger partial charge in [-0.3, -0.25) is 9.59 Å². The predicted octanol–water partition coefficient (Wildman–Crippen LogP) is 1.51. The number of aliphatic carboxylic acids is 1. The molecule has 4 N–H and O–H groups in total. The largest absolute Gasteiger partial charge is 0.481 e. The van der Waals surface area contributed by atoms with E-state index >= 15 is 0 Å². The minimum atomic E-state index is -0.923. The predicted molar refractivity (Wildman–Crippen MR) is 71.2 cm³/mol. The third-order valence-electron chi connectivity index (χ3n) is 3.11. The summed E-state index contributed by atoms with van der Waals surface area (Å²) in [4.78, 5) is 22.0. The lowest BCUT2D eigenvalue weighted by Gasteiger charge is -2.17. The first-order chi connectivity index (χ1) is 8.51. The van der Waals surface area contributed by atoms with Crippen LogP contribution in [0.2, 0.25) is 0 Å². The third kappa shape index (κ3) is 8.06. The minimum Gasteiger partial charge on any atom is -0.481 e. The van der Waals surface area contributed by atoms with Crippen LogP contribution >= 0.6 is 0 Å². The van der Waals surface area contributed by atoms with Crippen LogP contribution in [0.1, 0.15) is 52.4 Å². The zero-order chi connectivity index (χ0) is 14.0. The van der Waals surface area contributed by atoms with Crippen LogP contribution in [0, 0.1) is 5.92 Å². The van der Waals surface area contributed by atoms with E-state index in [1.54, 1.807) is 0 Å². The Morgan fingerprint density at radius 3 is 2.44 bits per heavy atom. The second-order valence-electron chi connectivity index (χ2n) is 4.70. The molecular weight excluding hydrogens is 232 g/mol. The third-order valence-corrected chi connectivity index (χ3v) is 3.11. The van der Waals surface area contributed by atoms with Crippen LogP contribution in [0.3, 0.4) is 0 Å². The molecule has 0 aliphatic heterocycles. The van der Waals surface area contributed by atoms with Crippen LogP contribution < -0.4 is 11.1 Å². The van der Waals surface area contributed by atoms with E-state index in [1.165, 1.54) is 6.42 Å². The molecule has 2 atom stereocenters. The Morgan fingerprint density at radius 2 is 1.94 bits per heavy atom. The van der Waals surface area contributed by atoms with Crippen molar-refractivity contribution in [3.8, 4) is 0 Å². The number of carbonyl (C=O) groups is 2. The van der Waals surface area contributed by atoms with Crippen molar-refractivity contribution in [2.45, 2.75) is 58.4 Å². The second kappa shape index (κ2) is 9.88. The molecular formula is C13H26N2O3. The summed E-state index contributed by atoms with van der Waals surface area (Å²) in [5, 5.41) is 11.3. The molecule has 0 radical (unpaired) electrons. The van der Waals surface area contributed by atoms with E-state index in [0.29, 0.717) is 12.5 Å². The fraction of sp³-hybridized carbons (Fsp3) is 0.846. The summed E-state index contributed by atoms with van der Waals surface area (Å²) >= 11 is 0. The van der Waals surface area contributed by atoms with Crippen molar-refractivity contribution >= 4 is 11.9 Å². The Kier molecular flexibility index (Phi) is 9.28. The number of nitrogens with two attached hydrogens (primary N) is 1. The highest BCUT2D eigenvalue weighted by molar-refractivity contribution is 5.82. The molecule has 0 fully saturated rings. The molecule has 0 aromatic carbocycles. The number of hydrogen-bond donors (Lipinski definition) is 3. The highest BCUT2D eigenvalue weighted by atomic mass is 16.4. The summed E-state index contributed by atoms with van der Waals surface area (Å²) < 4.78 is 0. The number of carbonyl (C=O) groups excluding carboxylic acids is 1. The number of unbranched alkanes of at least 4 members (excludes halogenated alkanes) is 1. The van der Waals surface area contributed by atoms with Crippen molar-refractivity contribution in [2.75, 3.05) is 6.54 Å². The molecule has 0 spiro atoms. The molecule has 0 aromatic rings. The normalized spacial score (nSPS) is 13.9. The Balaban J connectivity index is 3.88. The highest BCUT2D eigenvalue weighted by Crippen LogP contribution is 2.11. The van der Waals surface area contributed by atoms with Crippen molar-refractivity contribution < 1.29 is 14.7 Å². The Hall–Kier alpha value is -1.10. The Bertz CT molecular complexity index is 257. The van der Waals surface area contributed by atoms with Gasteiger partial charge in [-0.05, 0) is 18.8 Å². The monoisotopic (exact) mass is 258 g/mol. The lowest BCUT2D eigenvalue weighted by atomic mass is 9.99.